The Morgan fingerprint density at radius 3 is 2.71 bits per heavy atom. The van der Waals surface area contributed by atoms with Crippen molar-refractivity contribution in [2.24, 2.45) is 0 Å². The van der Waals surface area contributed by atoms with E-state index in [1.807, 2.05) is 6.26 Å². The van der Waals surface area contributed by atoms with Gasteiger partial charge < -0.3 is 5.73 Å². The van der Waals surface area contributed by atoms with Crippen molar-refractivity contribution in [1.29, 1.82) is 0 Å². The molecule has 3 nitrogen and oxygen atoms in total. The number of hydrogen-bond donors (Lipinski definition) is 1. The van der Waals surface area contributed by atoms with Crippen LogP contribution in [0.25, 0.3) is 0 Å². The van der Waals surface area contributed by atoms with Crippen molar-refractivity contribution < 1.29 is 4.39 Å². The first-order valence-corrected chi connectivity index (χ1v) is 8.05. The predicted octanol–water partition coefficient (Wildman–Crippen LogP) is 3.90. The third-order valence-corrected chi connectivity index (χ3v) is 5.44. The molecule has 0 radical (unpaired) electrons. The Morgan fingerprint density at radius 2 is 2.06 bits per heavy atom. The standard InChI is InChI=1S/C9H7BrFN3S3/c1-15-8-13-14-9(17-8)16-7-2-4(10)5(11)3-6(7)12/h2-3H,12H2,1H3. The lowest BCUT2D eigenvalue weighted by Crippen LogP contribution is -1.91. The van der Waals surface area contributed by atoms with Crippen molar-refractivity contribution in [3.8, 4) is 0 Å². The fourth-order valence-electron chi connectivity index (χ4n) is 1.05. The number of aromatic nitrogens is 2. The Labute approximate surface area is 119 Å². The van der Waals surface area contributed by atoms with E-state index in [9.17, 15) is 4.39 Å². The maximum Gasteiger partial charge on any atom is 0.179 e. The Hall–Kier alpha value is -0.310. The zero-order chi connectivity index (χ0) is 12.4. The molecule has 90 valence electrons. The zero-order valence-corrected chi connectivity index (χ0v) is 12.6. The Bertz CT molecular complexity index is 546. The number of thioether (sulfide) groups is 1. The maximum absolute atomic E-state index is 13.2. The minimum absolute atomic E-state index is 0.367. The van der Waals surface area contributed by atoms with Crippen molar-refractivity contribution in [2.45, 2.75) is 13.6 Å². The van der Waals surface area contributed by atoms with Gasteiger partial charge in [0.15, 0.2) is 8.68 Å². The fourth-order valence-corrected chi connectivity index (χ4v) is 4.00. The summed E-state index contributed by atoms with van der Waals surface area (Å²) in [5, 5.41) is 8.01. The van der Waals surface area contributed by atoms with E-state index < -0.39 is 0 Å². The summed E-state index contributed by atoms with van der Waals surface area (Å²) in [5.74, 6) is -0.367. The number of anilines is 1. The Morgan fingerprint density at radius 1 is 1.35 bits per heavy atom. The number of benzene rings is 1. The van der Waals surface area contributed by atoms with Gasteiger partial charge in [0.25, 0.3) is 0 Å². The summed E-state index contributed by atoms with van der Waals surface area (Å²) in [6, 6.07) is 2.94. The molecular weight excluding hydrogens is 345 g/mol. The molecule has 2 aromatic rings. The number of nitrogens with two attached hydrogens (primary N) is 1. The van der Waals surface area contributed by atoms with Crippen LogP contribution in [0.4, 0.5) is 10.1 Å². The van der Waals surface area contributed by atoms with Crippen LogP contribution in [0.15, 0.2) is 30.2 Å². The first kappa shape index (κ1) is 13.1. The lowest BCUT2D eigenvalue weighted by molar-refractivity contribution is 0.620. The SMILES string of the molecule is CSc1nnc(Sc2cc(Br)c(F)cc2N)s1. The van der Waals surface area contributed by atoms with Gasteiger partial charge in [-0.1, -0.05) is 34.9 Å². The lowest BCUT2D eigenvalue weighted by atomic mass is 10.3. The molecule has 0 saturated heterocycles. The van der Waals surface area contributed by atoms with E-state index in [-0.39, 0.29) is 5.82 Å². The molecule has 0 aliphatic heterocycles. The topological polar surface area (TPSA) is 51.8 Å². The predicted molar refractivity (Wildman–Crippen MR) is 74.3 cm³/mol. The summed E-state index contributed by atoms with van der Waals surface area (Å²) < 4.78 is 15.3. The lowest BCUT2D eigenvalue weighted by Gasteiger charge is -2.04. The highest BCUT2D eigenvalue weighted by atomic mass is 79.9. The summed E-state index contributed by atoms with van der Waals surface area (Å²) in [6.07, 6.45) is 1.94. The molecule has 0 aliphatic rings. The molecule has 0 saturated carbocycles. The third kappa shape index (κ3) is 3.12. The van der Waals surface area contributed by atoms with Gasteiger partial charge in [-0.25, -0.2) is 4.39 Å². The van der Waals surface area contributed by atoms with Crippen LogP contribution in [-0.4, -0.2) is 16.5 Å². The molecule has 0 bridgehead atoms. The van der Waals surface area contributed by atoms with Crippen LogP contribution in [0, 0.1) is 5.82 Å². The fraction of sp³-hybridized carbons (Fsp3) is 0.111. The molecule has 1 heterocycles. The number of nitrogen functional groups attached to an aromatic ring is 1. The minimum atomic E-state index is -0.367. The minimum Gasteiger partial charge on any atom is -0.398 e. The first-order valence-electron chi connectivity index (χ1n) is 4.40. The first-order chi connectivity index (χ1) is 8.10. The van der Waals surface area contributed by atoms with E-state index in [1.54, 1.807) is 17.8 Å². The molecule has 0 amide bonds. The largest absolute Gasteiger partial charge is 0.398 e. The molecule has 0 aliphatic carbocycles. The molecule has 17 heavy (non-hydrogen) atoms. The molecule has 0 atom stereocenters. The van der Waals surface area contributed by atoms with E-state index >= 15 is 0 Å². The monoisotopic (exact) mass is 351 g/mol. The summed E-state index contributed by atoms with van der Waals surface area (Å²) >= 11 is 7.54. The molecule has 1 aromatic carbocycles. The molecule has 0 fully saturated rings. The number of rotatable bonds is 3. The van der Waals surface area contributed by atoms with Gasteiger partial charge >= 0.3 is 0 Å². The molecule has 1 aromatic heterocycles. The van der Waals surface area contributed by atoms with Crippen molar-refractivity contribution in [1.82, 2.24) is 10.2 Å². The van der Waals surface area contributed by atoms with Gasteiger partial charge in [0.2, 0.25) is 0 Å². The summed E-state index contributed by atoms with van der Waals surface area (Å²) in [5.41, 5.74) is 6.15. The smallest absolute Gasteiger partial charge is 0.179 e. The van der Waals surface area contributed by atoms with Crippen molar-refractivity contribution in [3.05, 3.63) is 22.4 Å². The Kier molecular flexibility index (Phi) is 4.29. The second-order valence-electron chi connectivity index (χ2n) is 2.94. The molecule has 0 spiro atoms. The number of hydrogen-bond acceptors (Lipinski definition) is 6. The van der Waals surface area contributed by atoms with Gasteiger partial charge in [0.1, 0.15) is 5.82 Å². The van der Waals surface area contributed by atoms with E-state index in [4.69, 9.17) is 5.73 Å². The molecule has 8 heteroatoms. The maximum atomic E-state index is 13.2. The van der Waals surface area contributed by atoms with Crippen LogP contribution in [0.1, 0.15) is 0 Å². The van der Waals surface area contributed by atoms with E-state index in [1.165, 1.54) is 29.2 Å². The summed E-state index contributed by atoms with van der Waals surface area (Å²) in [7, 11) is 0. The van der Waals surface area contributed by atoms with Gasteiger partial charge in [-0.15, -0.1) is 10.2 Å². The normalized spacial score (nSPS) is 10.8. The van der Waals surface area contributed by atoms with Crippen LogP contribution < -0.4 is 5.73 Å². The molecule has 0 unspecified atom stereocenters. The average molecular weight is 352 g/mol. The zero-order valence-electron chi connectivity index (χ0n) is 8.61. The van der Waals surface area contributed by atoms with E-state index in [2.05, 4.69) is 26.1 Å². The van der Waals surface area contributed by atoms with Gasteiger partial charge in [0, 0.05) is 10.6 Å². The van der Waals surface area contributed by atoms with E-state index in [0.717, 1.165) is 13.6 Å². The van der Waals surface area contributed by atoms with Crippen LogP contribution >= 0.6 is 50.8 Å². The van der Waals surface area contributed by atoms with Gasteiger partial charge in [-0.2, -0.15) is 0 Å². The number of halogens is 2. The van der Waals surface area contributed by atoms with Crippen molar-refractivity contribution in [3.63, 3.8) is 0 Å². The van der Waals surface area contributed by atoms with Crippen LogP contribution in [0.3, 0.4) is 0 Å². The molecular formula is C9H7BrFN3S3. The highest BCUT2D eigenvalue weighted by molar-refractivity contribution is 9.10. The summed E-state index contributed by atoms with van der Waals surface area (Å²) in [4.78, 5) is 0.766. The molecule has 2 rings (SSSR count). The average Bonchev–Trinajstić information content (AvgIpc) is 2.73. The van der Waals surface area contributed by atoms with Crippen molar-refractivity contribution in [2.75, 3.05) is 12.0 Å². The van der Waals surface area contributed by atoms with Crippen LogP contribution in [-0.2, 0) is 0 Å². The quantitative estimate of drug-likeness (QED) is 0.671. The molecule has 2 N–H and O–H groups in total. The second kappa shape index (κ2) is 5.55. The number of nitrogens with zero attached hydrogens (tertiary/aromatic N) is 2. The van der Waals surface area contributed by atoms with E-state index in [0.29, 0.717) is 10.2 Å². The van der Waals surface area contributed by atoms with Gasteiger partial charge in [-0.05, 0) is 34.3 Å². The van der Waals surface area contributed by atoms with Gasteiger partial charge in [0.05, 0.1) is 4.47 Å². The summed E-state index contributed by atoms with van der Waals surface area (Å²) in [6.45, 7) is 0. The Balaban J connectivity index is 2.26. The second-order valence-corrected chi connectivity index (χ2v) is 7.12. The van der Waals surface area contributed by atoms with Crippen LogP contribution in [0.5, 0.6) is 0 Å². The van der Waals surface area contributed by atoms with Gasteiger partial charge in [-0.3, -0.25) is 0 Å². The van der Waals surface area contributed by atoms with Crippen molar-refractivity contribution >= 4 is 56.5 Å². The third-order valence-electron chi connectivity index (χ3n) is 1.81. The highest BCUT2D eigenvalue weighted by Gasteiger charge is 2.10. The highest BCUT2D eigenvalue weighted by Crippen LogP contribution is 2.37. The van der Waals surface area contributed by atoms with Crippen LogP contribution in [0.2, 0.25) is 0 Å².